The van der Waals surface area contributed by atoms with Gasteiger partial charge in [0.05, 0.1) is 7.11 Å². The van der Waals surface area contributed by atoms with E-state index in [1.165, 1.54) is 19.2 Å². The van der Waals surface area contributed by atoms with Gasteiger partial charge in [-0.3, -0.25) is 4.79 Å². The standard InChI is InChI=1S/C11H13FO3/c1-15-10-7-9(12)6-5-8(10)3-2-4-11(13)14/h5-7H,2-4H2,1H3,(H,13,14). The van der Waals surface area contributed by atoms with E-state index < -0.39 is 5.97 Å². The molecule has 0 aliphatic rings. The van der Waals surface area contributed by atoms with Crippen molar-refractivity contribution in [2.24, 2.45) is 0 Å². The number of aliphatic carboxylic acids is 1. The molecule has 0 heterocycles. The molecular formula is C11H13FO3. The lowest BCUT2D eigenvalue weighted by Gasteiger charge is -2.07. The Hall–Kier alpha value is -1.58. The van der Waals surface area contributed by atoms with Gasteiger partial charge in [-0.2, -0.15) is 0 Å². The van der Waals surface area contributed by atoms with Crippen molar-refractivity contribution in [1.29, 1.82) is 0 Å². The summed E-state index contributed by atoms with van der Waals surface area (Å²) in [5.41, 5.74) is 0.833. The van der Waals surface area contributed by atoms with E-state index >= 15 is 0 Å². The molecule has 0 saturated heterocycles. The number of hydrogen-bond donors (Lipinski definition) is 1. The van der Waals surface area contributed by atoms with Gasteiger partial charge in [0.25, 0.3) is 0 Å². The van der Waals surface area contributed by atoms with Crippen LogP contribution in [-0.4, -0.2) is 18.2 Å². The molecule has 0 saturated carbocycles. The summed E-state index contributed by atoms with van der Waals surface area (Å²) in [4.78, 5) is 10.3. The monoisotopic (exact) mass is 212 g/mol. The van der Waals surface area contributed by atoms with Gasteiger partial charge in [-0.15, -0.1) is 0 Å². The summed E-state index contributed by atoms with van der Waals surface area (Å²) in [5.74, 6) is -0.703. The number of hydrogen-bond acceptors (Lipinski definition) is 2. The molecule has 3 nitrogen and oxygen atoms in total. The van der Waals surface area contributed by atoms with Crippen LogP contribution in [0.15, 0.2) is 18.2 Å². The molecule has 4 heteroatoms. The molecular weight excluding hydrogens is 199 g/mol. The maximum Gasteiger partial charge on any atom is 0.303 e. The number of aryl methyl sites for hydroxylation is 1. The zero-order chi connectivity index (χ0) is 11.3. The van der Waals surface area contributed by atoms with Crippen molar-refractivity contribution in [1.82, 2.24) is 0 Å². The van der Waals surface area contributed by atoms with E-state index in [1.54, 1.807) is 6.07 Å². The summed E-state index contributed by atoms with van der Waals surface area (Å²) in [6, 6.07) is 4.27. The summed E-state index contributed by atoms with van der Waals surface area (Å²) >= 11 is 0. The van der Waals surface area contributed by atoms with E-state index in [2.05, 4.69) is 0 Å². The molecule has 0 aromatic heterocycles. The van der Waals surface area contributed by atoms with Gasteiger partial charge in [-0.1, -0.05) is 6.07 Å². The predicted molar refractivity (Wildman–Crippen MR) is 53.5 cm³/mol. The SMILES string of the molecule is COc1cc(F)ccc1CCCC(=O)O. The van der Waals surface area contributed by atoms with Crippen molar-refractivity contribution in [2.75, 3.05) is 7.11 Å². The van der Waals surface area contributed by atoms with Crippen LogP contribution in [0.1, 0.15) is 18.4 Å². The Balaban J connectivity index is 2.63. The van der Waals surface area contributed by atoms with Crippen LogP contribution in [0.5, 0.6) is 5.75 Å². The van der Waals surface area contributed by atoms with Crippen LogP contribution in [0.2, 0.25) is 0 Å². The molecule has 0 radical (unpaired) electrons. The van der Waals surface area contributed by atoms with Crippen LogP contribution >= 0.6 is 0 Å². The zero-order valence-electron chi connectivity index (χ0n) is 8.50. The minimum atomic E-state index is -0.823. The quantitative estimate of drug-likeness (QED) is 0.814. The van der Waals surface area contributed by atoms with Crippen LogP contribution in [0.25, 0.3) is 0 Å². The highest BCUT2D eigenvalue weighted by Crippen LogP contribution is 2.21. The molecule has 1 aromatic carbocycles. The largest absolute Gasteiger partial charge is 0.496 e. The number of carbonyl (C=O) groups is 1. The van der Waals surface area contributed by atoms with Gasteiger partial charge in [0.1, 0.15) is 11.6 Å². The molecule has 0 spiro atoms. The summed E-state index contributed by atoms with van der Waals surface area (Å²) < 4.78 is 17.8. The van der Waals surface area contributed by atoms with Crippen LogP contribution in [0.3, 0.4) is 0 Å². The van der Waals surface area contributed by atoms with E-state index in [1.807, 2.05) is 0 Å². The predicted octanol–water partition coefficient (Wildman–Crippen LogP) is 2.24. The third-order valence-electron chi connectivity index (χ3n) is 2.09. The van der Waals surface area contributed by atoms with E-state index in [0.717, 1.165) is 5.56 Å². The first kappa shape index (κ1) is 11.5. The Morgan fingerprint density at radius 2 is 2.27 bits per heavy atom. The van der Waals surface area contributed by atoms with E-state index in [9.17, 15) is 9.18 Å². The van der Waals surface area contributed by atoms with Gasteiger partial charge >= 0.3 is 5.97 Å². The third kappa shape index (κ3) is 3.58. The van der Waals surface area contributed by atoms with Gasteiger partial charge in [0, 0.05) is 12.5 Å². The van der Waals surface area contributed by atoms with Crippen LogP contribution < -0.4 is 4.74 Å². The van der Waals surface area contributed by atoms with Crippen molar-refractivity contribution >= 4 is 5.97 Å². The molecule has 82 valence electrons. The average Bonchev–Trinajstić information content (AvgIpc) is 2.19. The number of rotatable bonds is 5. The molecule has 1 N–H and O–H groups in total. The van der Waals surface area contributed by atoms with Crippen LogP contribution in [0, 0.1) is 5.82 Å². The van der Waals surface area contributed by atoms with Gasteiger partial charge in [0.2, 0.25) is 0 Å². The highest BCUT2D eigenvalue weighted by Gasteiger charge is 2.05. The Morgan fingerprint density at radius 3 is 2.87 bits per heavy atom. The molecule has 0 unspecified atom stereocenters. The molecule has 0 amide bonds. The van der Waals surface area contributed by atoms with Crippen molar-refractivity contribution in [3.05, 3.63) is 29.6 Å². The van der Waals surface area contributed by atoms with E-state index in [0.29, 0.717) is 18.6 Å². The first-order chi connectivity index (χ1) is 7.13. The number of carboxylic acids is 1. The second kappa shape index (κ2) is 5.34. The van der Waals surface area contributed by atoms with Crippen LogP contribution in [0.4, 0.5) is 4.39 Å². The van der Waals surface area contributed by atoms with Crippen molar-refractivity contribution in [3.8, 4) is 5.75 Å². The fourth-order valence-electron chi connectivity index (χ4n) is 1.35. The Bertz CT molecular complexity index is 350. The molecule has 0 aliphatic carbocycles. The lowest BCUT2D eigenvalue weighted by Crippen LogP contribution is -1.98. The number of carboxylic acid groups (broad SMARTS) is 1. The normalized spacial score (nSPS) is 10.0. The lowest BCUT2D eigenvalue weighted by atomic mass is 10.1. The maximum atomic E-state index is 12.8. The summed E-state index contributed by atoms with van der Waals surface area (Å²) in [6.07, 6.45) is 1.22. The lowest BCUT2D eigenvalue weighted by molar-refractivity contribution is -0.137. The first-order valence-electron chi connectivity index (χ1n) is 4.67. The minimum absolute atomic E-state index is 0.112. The van der Waals surface area contributed by atoms with Gasteiger partial charge in [0.15, 0.2) is 0 Å². The third-order valence-corrected chi connectivity index (χ3v) is 2.09. The van der Waals surface area contributed by atoms with Crippen molar-refractivity contribution < 1.29 is 19.0 Å². The molecule has 1 rings (SSSR count). The zero-order valence-corrected chi connectivity index (χ0v) is 8.50. The summed E-state index contributed by atoms with van der Waals surface area (Å²) in [6.45, 7) is 0. The first-order valence-corrected chi connectivity index (χ1v) is 4.67. The molecule has 1 aromatic rings. The fraction of sp³-hybridized carbons (Fsp3) is 0.364. The Morgan fingerprint density at radius 1 is 1.53 bits per heavy atom. The Kier molecular flexibility index (Phi) is 4.09. The molecule has 15 heavy (non-hydrogen) atoms. The molecule has 0 atom stereocenters. The highest BCUT2D eigenvalue weighted by atomic mass is 19.1. The second-order valence-corrected chi connectivity index (χ2v) is 3.20. The number of benzene rings is 1. The van der Waals surface area contributed by atoms with Gasteiger partial charge in [-0.05, 0) is 24.5 Å². The van der Waals surface area contributed by atoms with Crippen LogP contribution in [-0.2, 0) is 11.2 Å². The molecule has 0 fully saturated rings. The second-order valence-electron chi connectivity index (χ2n) is 3.20. The van der Waals surface area contributed by atoms with E-state index in [4.69, 9.17) is 9.84 Å². The smallest absolute Gasteiger partial charge is 0.303 e. The van der Waals surface area contributed by atoms with Gasteiger partial charge < -0.3 is 9.84 Å². The van der Waals surface area contributed by atoms with Crippen molar-refractivity contribution in [3.63, 3.8) is 0 Å². The topological polar surface area (TPSA) is 46.5 Å². The molecule has 0 aliphatic heterocycles. The number of halogens is 1. The Labute approximate surface area is 87.5 Å². The fourth-order valence-corrected chi connectivity index (χ4v) is 1.35. The van der Waals surface area contributed by atoms with E-state index in [-0.39, 0.29) is 12.2 Å². The number of ether oxygens (including phenoxy) is 1. The molecule has 0 bridgehead atoms. The summed E-state index contributed by atoms with van der Waals surface area (Å²) in [5, 5.41) is 8.47. The minimum Gasteiger partial charge on any atom is -0.496 e. The van der Waals surface area contributed by atoms with Gasteiger partial charge in [-0.25, -0.2) is 4.39 Å². The van der Waals surface area contributed by atoms with Crippen molar-refractivity contribution in [2.45, 2.75) is 19.3 Å². The highest BCUT2D eigenvalue weighted by molar-refractivity contribution is 5.66. The summed E-state index contributed by atoms with van der Waals surface area (Å²) in [7, 11) is 1.47. The average molecular weight is 212 g/mol. The number of methoxy groups -OCH3 is 1. The maximum absolute atomic E-state index is 12.8.